The first kappa shape index (κ1) is 12.0. The van der Waals surface area contributed by atoms with Crippen LogP contribution in [0.1, 0.15) is 16.7 Å². The lowest BCUT2D eigenvalue weighted by Gasteiger charge is -2.12. The van der Waals surface area contributed by atoms with Crippen LogP contribution < -0.4 is 4.74 Å². The van der Waals surface area contributed by atoms with E-state index in [0.717, 1.165) is 16.7 Å². The van der Waals surface area contributed by atoms with E-state index in [2.05, 4.69) is 6.92 Å². The SMILES string of the molecule is [CH2]c1c(C)cc(OCC(O)CO)cc1C. The third-order valence-corrected chi connectivity index (χ3v) is 2.32. The average Bonchev–Trinajstić information content (AvgIpc) is 2.22. The van der Waals surface area contributed by atoms with Crippen molar-refractivity contribution in [3.05, 3.63) is 35.7 Å². The van der Waals surface area contributed by atoms with E-state index in [1.165, 1.54) is 0 Å². The van der Waals surface area contributed by atoms with Gasteiger partial charge in [0.05, 0.1) is 6.61 Å². The third kappa shape index (κ3) is 3.22. The Morgan fingerprint density at radius 1 is 1.33 bits per heavy atom. The number of hydrogen-bond donors (Lipinski definition) is 2. The fraction of sp³-hybridized carbons (Fsp3) is 0.417. The molecule has 0 amide bonds. The van der Waals surface area contributed by atoms with Crippen molar-refractivity contribution in [3.63, 3.8) is 0 Å². The Morgan fingerprint density at radius 2 is 1.87 bits per heavy atom. The van der Waals surface area contributed by atoms with Gasteiger partial charge in [0.25, 0.3) is 0 Å². The average molecular weight is 209 g/mol. The lowest BCUT2D eigenvalue weighted by molar-refractivity contribution is 0.0536. The van der Waals surface area contributed by atoms with Gasteiger partial charge in [-0.25, -0.2) is 0 Å². The lowest BCUT2D eigenvalue weighted by Crippen LogP contribution is -2.21. The van der Waals surface area contributed by atoms with E-state index in [1.54, 1.807) is 0 Å². The van der Waals surface area contributed by atoms with Crippen LogP contribution in [-0.4, -0.2) is 29.5 Å². The van der Waals surface area contributed by atoms with Crippen molar-refractivity contribution in [1.82, 2.24) is 0 Å². The number of benzene rings is 1. The van der Waals surface area contributed by atoms with Gasteiger partial charge in [-0.3, -0.25) is 0 Å². The Labute approximate surface area is 90.3 Å². The first-order valence-corrected chi connectivity index (χ1v) is 4.89. The number of aliphatic hydroxyl groups excluding tert-OH is 2. The zero-order valence-corrected chi connectivity index (χ0v) is 9.16. The highest BCUT2D eigenvalue weighted by Gasteiger charge is 2.05. The van der Waals surface area contributed by atoms with Crippen LogP contribution in [0.4, 0.5) is 0 Å². The van der Waals surface area contributed by atoms with E-state index < -0.39 is 6.10 Å². The molecule has 0 saturated heterocycles. The van der Waals surface area contributed by atoms with E-state index in [0.29, 0.717) is 5.75 Å². The molecular formula is C12H17O3. The predicted molar refractivity (Wildman–Crippen MR) is 59.0 cm³/mol. The van der Waals surface area contributed by atoms with Crippen molar-refractivity contribution < 1.29 is 14.9 Å². The van der Waals surface area contributed by atoms with Gasteiger partial charge in [-0.2, -0.15) is 0 Å². The van der Waals surface area contributed by atoms with Crippen molar-refractivity contribution in [2.75, 3.05) is 13.2 Å². The van der Waals surface area contributed by atoms with E-state index >= 15 is 0 Å². The van der Waals surface area contributed by atoms with E-state index in [9.17, 15) is 0 Å². The number of aliphatic hydroxyl groups is 2. The maximum absolute atomic E-state index is 9.13. The summed E-state index contributed by atoms with van der Waals surface area (Å²) >= 11 is 0. The monoisotopic (exact) mass is 209 g/mol. The molecule has 0 heterocycles. The fourth-order valence-corrected chi connectivity index (χ4v) is 1.28. The topological polar surface area (TPSA) is 49.7 Å². The summed E-state index contributed by atoms with van der Waals surface area (Å²) < 4.78 is 5.34. The Balaban J connectivity index is 2.70. The summed E-state index contributed by atoms with van der Waals surface area (Å²) in [7, 11) is 0. The molecule has 2 N–H and O–H groups in total. The minimum Gasteiger partial charge on any atom is -0.491 e. The molecule has 1 aromatic rings. The quantitative estimate of drug-likeness (QED) is 0.783. The first-order chi connectivity index (χ1) is 7.04. The van der Waals surface area contributed by atoms with Crippen LogP contribution in [0.3, 0.4) is 0 Å². The summed E-state index contributed by atoms with van der Waals surface area (Å²) in [6.07, 6.45) is -0.829. The Kier molecular flexibility index (Phi) is 4.12. The summed E-state index contributed by atoms with van der Waals surface area (Å²) in [5.74, 6) is 0.699. The van der Waals surface area contributed by atoms with Crippen LogP contribution in [0.15, 0.2) is 12.1 Å². The number of hydrogen-bond acceptors (Lipinski definition) is 3. The van der Waals surface area contributed by atoms with Gasteiger partial charge in [-0.05, 0) is 49.6 Å². The van der Waals surface area contributed by atoms with Crippen molar-refractivity contribution in [2.45, 2.75) is 20.0 Å². The molecule has 1 atom stereocenters. The molecule has 1 rings (SSSR count). The molecule has 1 radical (unpaired) electrons. The zero-order chi connectivity index (χ0) is 11.4. The molecule has 3 nitrogen and oxygen atoms in total. The number of ether oxygens (including phenoxy) is 1. The Bertz CT molecular complexity index is 311. The molecule has 15 heavy (non-hydrogen) atoms. The highest BCUT2D eigenvalue weighted by atomic mass is 16.5. The van der Waals surface area contributed by atoms with Gasteiger partial charge < -0.3 is 14.9 Å². The summed E-state index contributed by atoms with van der Waals surface area (Å²) in [5, 5.41) is 17.8. The first-order valence-electron chi connectivity index (χ1n) is 4.89. The van der Waals surface area contributed by atoms with Gasteiger partial charge in [0.1, 0.15) is 18.5 Å². The number of aryl methyl sites for hydroxylation is 2. The maximum Gasteiger partial charge on any atom is 0.119 e. The summed E-state index contributed by atoms with van der Waals surface area (Å²) in [6, 6.07) is 3.75. The summed E-state index contributed by atoms with van der Waals surface area (Å²) in [6.45, 7) is 7.67. The molecule has 0 aliphatic rings. The second-order valence-electron chi connectivity index (χ2n) is 3.68. The van der Waals surface area contributed by atoms with Crippen molar-refractivity contribution in [1.29, 1.82) is 0 Å². The van der Waals surface area contributed by atoms with Gasteiger partial charge >= 0.3 is 0 Å². The van der Waals surface area contributed by atoms with E-state index in [4.69, 9.17) is 14.9 Å². The summed E-state index contributed by atoms with van der Waals surface area (Å²) in [5.41, 5.74) is 3.12. The van der Waals surface area contributed by atoms with Gasteiger partial charge in [0, 0.05) is 0 Å². The van der Waals surface area contributed by atoms with E-state index in [1.807, 2.05) is 26.0 Å². The minimum absolute atomic E-state index is 0.103. The molecule has 1 aromatic carbocycles. The largest absolute Gasteiger partial charge is 0.491 e. The van der Waals surface area contributed by atoms with Crippen LogP contribution in [0, 0.1) is 20.8 Å². The van der Waals surface area contributed by atoms with Crippen LogP contribution >= 0.6 is 0 Å². The highest BCUT2D eigenvalue weighted by Crippen LogP contribution is 2.20. The molecule has 1 unspecified atom stereocenters. The molecule has 0 aliphatic heterocycles. The second kappa shape index (κ2) is 5.14. The normalized spacial score (nSPS) is 12.6. The van der Waals surface area contributed by atoms with Crippen LogP contribution in [0.25, 0.3) is 0 Å². The fourth-order valence-electron chi connectivity index (χ4n) is 1.28. The standard InChI is InChI=1S/C12H17O3/c1-8-4-12(5-9(2)10(8)3)15-7-11(14)6-13/h4-5,11,13-14H,3,6-7H2,1-2H3. The lowest BCUT2D eigenvalue weighted by atomic mass is 10.0. The van der Waals surface area contributed by atoms with Crippen LogP contribution in [0.5, 0.6) is 5.75 Å². The number of rotatable bonds is 4. The smallest absolute Gasteiger partial charge is 0.119 e. The Hall–Kier alpha value is -1.06. The van der Waals surface area contributed by atoms with Gasteiger partial charge in [0.2, 0.25) is 0 Å². The van der Waals surface area contributed by atoms with Gasteiger partial charge in [0.15, 0.2) is 0 Å². The predicted octanol–water partition coefficient (Wildman–Crippen LogP) is 1.22. The second-order valence-corrected chi connectivity index (χ2v) is 3.68. The molecule has 0 aromatic heterocycles. The molecule has 0 fully saturated rings. The van der Waals surface area contributed by atoms with Crippen LogP contribution in [0.2, 0.25) is 0 Å². The third-order valence-electron chi connectivity index (χ3n) is 2.32. The Morgan fingerprint density at radius 3 is 2.33 bits per heavy atom. The van der Waals surface area contributed by atoms with Crippen molar-refractivity contribution >= 4 is 0 Å². The van der Waals surface area contributed by atoms with Gasteiger partial charge in [-0.1, -0.05) is 0 Å². The summed E-state index contributed by atoms with van der Waals surface area (Å²) in [4.78, 5) is 0. The zero-order valence-electron chi connectivity index (χ0n) is 9.16. The molecular weight excluding hydrogens is 192 g/mol. The molecule has 0 aliphatic carbocycles. The maximum atomic E-state index is 9.13. The minimum atomic E-state index is -0.829. The van der Waals surface area contributed by atoms with Gasteiger partial charge in [-0.15, -0.1) is 0 Å². The van der Waals surface area contributed by atoms with Crippen molar-refractivity contribution in [3.8, 4) is 5.75 Å². The van der Waals surface area contributed by atoms with Crippen molar-refractivity contribution in [2.24, 2.45) is 0 Å². The molecule has 3 heteroatoms. The molecule has 83 valence electrons. The van der Waals surface area contributed by atoms with E-state index in [-0.39, 0.29) is 13.2 Å². The molecule has 0 spiro atoms. The molecule has 0 bridgehead atoms. The highest BCUT2D eigenvalue weighted by molar-refractivity contribution is 5.42. The van der Waals surface area contributed by atoms with Crippen LogP contribution in [-0.2, 0) is 0 Å². The molecule has 0 saturated carbocycles.